The lowest BCUT2D eigenvalue weighted by molar-refractivity contribution is -0.143. The Morgan fingerprint density at radius 2 is 2.20 bits per heavy atom. The van der Waals surface area contributed by atoms with Crippen molar-refractivity contribution in [2.45, 2.75) is 12.8 Å². The second-order valence-electron chi connectivity index (χ2n) is 5.05. The molecule has 0 aromatic heterocycles. The molecule has 20 heavy (non-hydrogen) atoms. The van der Waals surface area contributed by atoms with Crippen molar-refractivity contribution in [2.75, 3.05) is 11.5 Å². The molecule has 1 aliphatic rings. The second kappa shape index (κ2) is 5.69. The topological polar surface area (TPSA) is 71.4 Å². The van der Waals surface area contributed by atoms with E-state index in [0.717, 1.165) is 6.07 Å². The van der Waals surface area contributed by atoms with Gasteiger partial charge in [-0.3, -0.25) is 4.79 Å². The van der Waals surface area contributed by atoms with Crippen molar-refractivity contribution >= 4 is 27.4 Å². The summed E-state index contributed by atoms with van der Waals surface area (Å²) in [6.45, 7) is 0. The largest absolute Gasteiger partial charge is 0.481 e. The molecule has 2 rings (SSSR count). The first kappa shape index (κ1) is 15.3. The van der Waals surface area contributed by atoms with E-state index in [1.165, 1.54) is 12.1 Å². The van der Waals surface area contributed by atoms with Crippen molar-refractivity contribution < 1.29 is 22.7 Å². The molecule has 4 nitrogen and oxygen atoms in total. The molecular formula is C13H14ClFO4S. The summed E-state index contributed by atoms with van der Waals surface area (Å²) in [7, 11) is -3.14. The third-order valence-corrected chi connectivity index (χ3v) is 5.75. The van der Waals surface area contributed by atoms with Gasteiger partial charge in [-0.05, 0) is 36.5 Å². The predicted molar refractivity (Wildman–Crippen MR) is 73.0 cm³/mol. The number of halogens is 2. The van der Waals surface area contributed by atoms with Gasteiger partial charge < -0.3 is 5.11 Å². The molecule has 110 valence electrons. The normalized spacial score (nSPS) is 22.6. The van der Waals surface area contributed by atoms with Gasteiger partial charge in [-0.1, -0.05) is 17.7 Å². The van der Waals surface area contributed by atoms with Gasteiger partial charge in [0.25, 0.3) is 0 Å². The van der Waals surface area contributed by atoms with E-state index in [4.69, 9.17) is 11.6 Å². The smallest absolute Gasteiger partial charge is 0.307 e. The number of hydrogen-bond donors (Lipinski definition) is 1. The van der Waals surface area contributed by atoms with Crippen molar-refractivity contribution in [2.24, 2.45) is 11.8 Å². The van der Waals surface area contributed by atoms with Crippen LogP contribution in [0.25, 0.3) is 0 Å². The van der Waals surface area contributed by atoms with Crippen LogP contribution in [0.2, 0.25) is 5.02 Å². The Morgan fingerprint density at radius 3 is 2.70 bits per heavy atom. The minimum Gasteiger partial charge on any atom is -0.481 e. The van der Waals surface area contributed by atoms with Crippen LogP contribution < -0.4 is 0 Å². The summed E-state index contributed by atoms with van der Waals surface area (Å²) in [6.07, 6.45) is 0.451. The third-order valence-electron chi connectivity index (χ3n) is 3.61. The summed E-state index contributed by atoms with van der Waals surface area (Å²) in [5, 5.41) is 9.46. The van der Waals surface area contributed by atoms with Crippen LogP contribution in [-0.2, 0) is 21.1 Å². The van der Waals surface area contributed by atoms with Crippen LogP contribution in [0.5, 0.6) is 0 Å². The average molecular weight is 321 g/mol. The molecule has 1 aromatic carbocycles. The van der Waals surface area contributed by atoms with Crippen LogP contribution in [-0.4, -0.2) is 31.0 Å². The van der Waals surface area contributed by atoms with Gasteiger partial charge in [-0.15, -0.1) is 0 Å². The van der Waals surface area contributed by atoms with E-state index in [-0.39, 0.29) is 22.9 Å². The summed E-state index contributed by atoms with van der Waals surface area (Å²) in [6, 6.07) is 3.78. The summed E-state index contributed by atoms with van der Waals surface area (Å²) >= 11 is 5.89. The van der Waals surface area contributed by atoms with Crippen LogP contribution in [0, 0.1) is 17.7 Å². The van der Waals surface area contributed by atoms with Crippen LogP contribution in [0.3, 0.4) is 0 Å². The molecule has 0 bridgehead atoms. The first-order valence-corrected chi connectivity index (χ1v) is 8.35. The van der Waals surface area contributed by atoms with Crippen LogP contribution in [0.1, 0.15) is 12.0 Å². The number of aliphatic carboxylic acids is 1. The average Bonchev–Trinajstić information content (AvgIpc) is 2.68. The molecule has 1 fully saturated rings. The second-order valence-corrected chi connectivity index (χ2v) is 7.68. The lowest BCUT2D eigenvalue weighted by atomic mass is 9.86. The van der Waals surface area contributed by atoms with Crippen molar-refractivity contribution in [3.63, 3.8) is 0 Å². The molecule has 1 N–H and O–H groups in total. The van der Waals surface area contributed by atoms with Gasteiger partial charge in [-0.25, -0.2) is 12.8 Å². The van der Waals surface area contributed by atoms with Crippen molar-refractivity contribution in [3.05, 3.63) is 34.6 Å². The highest BCUT2D eigenvalue weighted by molar-refractivity contribution is 7.91. The molecule has 0 amide bonds. The van der Waals surface area contributed by atoms with E-state index in [0.29, 0.717) is 12.0 Å². The van der Waals surface area contributed by atoms with E-state index in [2.05, 4.69) is 0 Å². The molecule has 0 saturated carbocycles. The van der Waals surface area contributed by atoms with Crippen LogP contribution in [0.15, 0.2) is 18.2 Å². The van der Waals surface area contributed by atoms with Gasteiger partial charge in [0, 0.05) is 5.02 Å². The first-order chi connectivity index (χ1) is 9.28. The molecule has 1 aromatic rings. The van der Waals surface area contributed by atoms with E-state index in [1.807, 2.05) is 0 Å². The highest BCUT2D eigenvalue weighted by Crippen LogP contribution is 2.30. The number of rotatable bonds is 4. The Labute approximate surface area is 121 Å². The van der Waals surface area contributed by atoms with Gasteiger partial charge in [-0.2, -0.15) is 0 Å². The summed E-state index contributed by atoms with van der Waals surface area (Å²) in [5.41, 5.74) is 0.518. The van der Waals surface area contributed by atoms with Gasteiger partial charge in [0.15, 0.2) is 9.84 Å². The highest BCUT2D eigenvalue weighted by atomic mass is 35.5. The Bertz CT molecular complexity index is 629. The Hall–Kier alpha value is -1.14. The van der Waals surface area contributed by atoms with Crippen LogP contribution in [0.4, 0.5) is 4.39 Å². The molecule has 1 heterocycles. The molecule has 0 spiro atoms. The zero-order valence-electron chi connectivity index (χ0n) is 10.6. The van der Waals surface area contributed by atoms with E-state index < -0.39 is 33.5 Å². The first-order valence-electron chi connectivity index (χ1n) is 6.15. The number of sulfone groups is 1. The Kier molecular flexibility index (Phi) is 4.34. The molecule has 0 aliphatic carbocycles. The fourth-order valence-corrected chi connectivity index (χ4v) is 4.65. The lowest BCUT2D eigenvalue weighted by Gasteiger charge is -2.18. The summed E-state index contributed by atoms with van der Waals surface area (Å²) in [5.74, 6) is -2.86. The quantitative estimate of drug-likeness (QED) is 0.922. The number of carboxylic acids is 1. The van der Waals surface area contributed by atoms with E-state index in [9.17, 15) is 22.7 Å². The van der Waals surface area contributed by atoms with Crippen molar-refractivity contribution in [1.29, 1.82) is 0 Å². The van der Waals surface area contributed by atoms with E-state index >= 15 is 0 Å². The predicted octanol–water partition coefficient (Wildman–Crippen LogP) is 2.16. The minimum atomic E-state index is -3.14. The molecular weight excluding hydrogens is 307 g/mol. The number of carboxylic acid groups (broad SMARTS) is 1. The molecule has 0 radical (unpaired) electrons. The van der Waals surface area contributed by atoms with Gasteiger partial charge >= 0.3 is 5.97 Å². The van der Waals surface area contributed by atoms with Gasteiger partial charge in [0.2, 0.25) is 0 Å². The van der Waals surface area contributed by atoms with Gasteiger partial charge in [0.1, 0.15) is 5.82 Å². The number of hydrogen-bond acceptors (Lipinski definition) is 3. The van der Waals surface area contributed by atoms with Crippen LogP contribution >= 0.6 is 11.6 Å². The maximum Gasteiger partial charge on any atom is 0.307 e. The minimum absolute atomic E-state index is 0.0264. The van der Waals surface area contributed by atoms with Gasteiger partial charge in [0.05, 0.1) is 17.4 Å². The fourth-order valence-electron chi connectivity index (χ4n) is 2.52. The standard InChI is InChI=1S/C13H14ClFO4S/c14-12-6-10(15)2-1-8(12)5-11(13(16)17)9-3-4-20(18,19)7-9/h1-2,6,9,11H,3-5,7H2,(H,16,17). The Balaban J connectivity index is 2.20. The maximum atomic E-state index is 13.0. The molecule has 7 heteroatoms. The monoisotopic (exact) mass is 320 g/mol. The SMILES string of the molecule is O=C(O)C(Cc1ccc(F)cc1Cl)C1CCS(=O)(=O)C1. The Morgan fingerprint density at radius 1 is 1.50 bits per heavy atom. The van der Waals surface area contributed by atoms with Crippen molar-refractivity contribution in [1.82, 2.24) is 0 Å². The zero-order chi connectivity index (χ0) is 14.9. The fraction of sp³-hybridized carbons (Fsp3) is 0.462. The molecule has 1 saturated heterocycles. The zero-order valence-corrected chi connectivity index (χ0v) is 12.1. The summed E-state index contributed by atoms with van der Waals surface area (Å²) in [4.78, 5) is 11.4. The van der Waals surface area contributed by atoms with Crippen molar-refractivity contribution in [3.8, 4) is 0 Å². The molecule has 1 aliphatic heterocycles. The third kappa shape index (κ3) is 3.49. The maximum absolute atomic E-state index is 13.0. The lowest BCUT2D eigenvalue weighted by Crippen LogP contribution is -2.26. The molecule has 2 unspecified atom stereocenters. The van der Waals surface area contributed by atoms with E-state index in [1.54, 1.807) is 0 Å². The highest BCUT2D eigenvalue weighted by Gasteiger charge is 2.37. The number of carbonyl (C=O) groups is 1. The summed E-state index contributed by atoms with van der Waals surface area (Å²) < 4.78 is 35.9. The molecule has 2 atom stereocenters. The number of benzene rings is 1.